The van der Waals surface area contributed by atoms with Gasteiger partial charge in [0, 0.05) is 17.0 Å². The van der Waals surface area contributed by atoms with Gasteiger partial charge in [0.1, 0.15) is 11.6 Å². The van der Waals surface area contributed by atoms with E-state index in [2.05, 4.69) is 5.32 Å². The summed E-state index contributed by atoms with van der Waals surface area (Å²) in [6.45, 7) is 0.506. The Kier molecular flexibility index (Phi) is 5.46. The number of rotatable bonds is 6. The quantitative estimate of drug-likeness (QED) is 0.705. The molecule has 0 radical (unpaired) electrons. The molecule has 0 aliphatic rings. The molecule has 3 rings (SSSR count). The summed E-state index contributed by atoms with van der Waals surface area (Å²) < 4.78 is 19.1. The molecular formula is C20H18FNO2S. The Morgan fingerprint density at radius 1 is 1.08 bits per heavy atom. The maximum absolute atomic E-state index is 13.8. The third-order valence-corrected chi connectivity index (χ3v) is 4.96. The van der Waals surface area contributed by atoms with Crippen LogP contribution in [0.4, 0.5) is 4.39 Å². The summed E-state index contributed by atoms with van der Waals surface area (Å²) in [6, 6.07) is 17.8. The molecule has 2 aromatic carbocycles. The minimum atomic E-state index is -0.285. The van der Waals surface area contributed by atoms with E-state index < -0.39 is 0 Å². The Bertz CT molecular complexity index is 875. The number of para-hydroxylation sites is 1. The van der Waals surface area contributed by atoms with E-state index in [0.717, 1.165) is 16.2 Å². The van der Waals surface area contributed by atoms with Crippen LogP contribution in [0.25, 0.3) is 10.4 Å². The van der Waals surface area contributed by atoms with Crippen LogP contribution in [0.1, 0.15) is 15.2 Å². The molecule has 0 aliphatic carbocycles. The third kappa shape index (κ3) is 4.06. The minimum absolute atomic E-state index is 0.150. The van der Waals surface area contributed by atoms with Crippen LogP contribution in [-0.2, 0) is 6.42 Å². The van der Waals surface area contributed by atoms with Gasteiger partial charge in [0.05, 0.1) is 12.0 Å². The predicted molar refractivity (Wildman–Crippen MR) is 98.7 cm³/mol. The summed E-state index contributed by atoms with van der Waals surface area (Å²) in [5.41, 5.74) is 1.56. The fourth-order valence-electron chi connectivity index (χ4n) is 2.57. The summed E-state index contributed by atoms with van der Waals surface area (Å²) in [6.07, 6.45) is 0.682. The van der Waals surface area contributed by atoms with Crippen molar-refractivity contribution in [2.75, 3.05) is 13.7 Å². The van der Waals surface area contributed by atoms with E-state index in [0.29, 0.717) is 23.4 Å². The average molecular weight is 355 g/mol. The lowest BCUT2D eigenvalue weighted by molar-refractivity contribution is 0.0958. The zero-order valence-corrected chi connectivity index (χ0v) is 14.6. The molecule has 1 heterocycles. The van der Waals surface area contributed by atoms with Crippen molar-refractivity contribution in [3.8, 4) is 16.2 Å². The van der Waals surface area contributed by atoms with Crippen LogP contribution in [0.5, 0.6) is 5.75 Å². The number of hydrogen-bond donors (Lipinski definition) is 1. The molecule has 0 fully saturated rings. The second-order valence-electron chi connectivity index (χ2n) is 5.46. The van der Waals surface area contributed by atoms with Crippen molar-refractivity contribution < 1.29 is 13.9 Å². The van der Waals surface area contributed by atoms with E-state index in [4.69, 9.17) is 4.74 Å². The first-order valence-electron chi connectivity index (χ1n) is 7.94. The van der Waals surface area contributed by atoms with Gasteiger partial charge in [0.25, 0.3) is 5.91 Å². The topological polar surface area (TPSA) is 38.3 Å². The monoisotopic (exact) mass is 355 g/mol. The SMILES string of the molecule is COc1ccccc1CCNC(=O)c1ccc(-c2ccccc2F)s1. The number of ether oxygens (including phenoxy) is 1. The highest BCUT2D eigenvalue weighted by Gasteiger charge is 2.12. The smallest absolute Gasteiger partial charge is 0.261 e. The van der Waals surface area contributed by atoms with E-state index in [1.165, 1.54) is 17.4 Å². The van der Waals surface area contributed by atoms with Gasteiger partial charge in [-0.3, -0.25) is 4.79 Å². The van der Waals surface area contributed by atoms with E-state index in [1.54, 1.807) is 37.4 Å². The molecule has 1 aromatic heterocycles. The first-order chi connectivity index (χ1) is 12.2. The van der Waals surface area contributed by atoms with Gasteiger partial charge in [-0.15, -0.1) is 11.3 Å². The highest BCUT2D eigenvalue weighted by Crippen LogP contribution is 2.30. The highest BCUT2D eigenvalue weighted by atomic mass is 32.1. The van der Waals surface area contributed by atoms with Gasteiger partial charge in [0.2, 0.25) is 0 Å². The highest BCUT2D eigenvalue weighted by molar-refractivity contribution is 7.17. The molecule has 3 nitrogen and oxygen atoms in total. The van der Waals surface area contributed by atoms with Crippen LogP contribution < -0.4 is 10.1 Å². The molecule has 25 heavy (non-hydrogen) atoms. The fourth-order valence-corrected chi connectivity index (χ4v) is 3.52. The van der Waals surface area contributed by atoms with Gasteiger partial charge in [-0.25, -0.2) is 4.39 Å². The van der Waals surface area contributed by atoms with Crippen LogP contribution in [0, 0.1) is 5.82 Å². The molecule has 0 bridgehead atoms. The molecule has 1 N–H and O–H groups in total. The van der Waals surface area contributed by atoms with Gasteiger partial charge < -0.3 is 10.1 Å². The number of thiophene rings is 1. The zero-order chi connectivity index (χ0) is 17.6. The molecule has 1 amide bonds. The van der Waals surface area contributed by atoms with Crippen molar-refractivity contribution in [3.63, 3.8) is 0 Å². The normalized spacial score (nSPS) is 10.5. The van der Waals surface area contributed by atoms with Crippen molar-refractivity contribution in [3.05, 3.63) is 76.9 Å². The van der Waals surface area contributed by atoms with Gasteiger partial charge in [-0.1, -0.05) is 36.4 Å². The molecule has 0 saturated carbocycles. The van der Waals surface area contributed by atoms with Crippen molar-refractivity contribution >= 4 is 17.2 Å². The first-order valence-corrected chi connectivity index (χ1v) is 8.75. The Hall–Kier alpha value is -2.66. The maximum atomic E-state index is 13.8. The van der Waals surface area contributed by atoms with Gasteiger partial charge in [-0.2, -0.15) is 0 Å². The number of halogens is 1. The Balaban J connectivity index is 1.62. The second kappa shape index (κ2) is 7.94. The summed E-state index contributed by atoms with van der Waals surface area (Å²) in [5, 5.41) is 2.90. The molecule has 5 heteroatoms. The number of carbonyl (C=O) groups is 1. The number of nitrogens with one attached hydrogen (secondary N) is 1. The fraction of sp³-hybridized carbons (Fsp3) is 0.150. The Labute approximate surface area is 150 Å². The zero-order valence-electron chi connectivity index (χ0n) is 13.8. The van der Waals surface area contributed by atoms with Crippen molar-refractivity contribution in [2.24, 2.45) is 0 Å². The predicted octanol–water partition coefficient (Wildman–Crippen LogP) is 4.54. The van der Waals surface area contributed by atoms with E-state index >= 15 is 0 Å². The average Bonchev–Trinajstić information content (AvgIpc) is 3.12. The summed E-state index contributed by atoms with van der Waals surface area (Å²) in [5.74, 6) is 0.379. The number of carbonyl (C=O) groups excluding carboxylic acids is 1. The molecule has 0 unspecified atom stereocenters. The summed E-state index contributed by atoms with van der Waals surface area (Å²) in [7, 11) is 1.63. The molecular weight excluding hydrogens is 337 g/mol. The summed E-state index contributed by atoms with van der Waals surface area (Å²) in [4.78, 5) is 13.6. The van der Waals surface area contributed by atoms with Crippen LogP contribution in [0.15, 0.2) is 60.7 Å². The van der Waals surface area contributed by atoms with Gasteiger partial charge in [0.15, 0.2) is 0 Å². The van der Waals surface area contributed by atoms with Crippen LogP contribution in [-0.4, -0.2) is 19.6 Å². The van der Waals surface area contributed by atoms with Crippen LogP contribution in [0.3, 0.4) is 0 Å². The number of hydrogen-bond acceptors (Lipinski definition) is 3. The van der Waals surface area contributed by atoms with E-state index in [9.17, 15) is 9.18 Å². The molecule has 3 aromatic rings. The Morgan fingerprint density at radius 3 is 2.64 bits per heavy atom. The third-order valence-electron chi connectivity index (χ3n) is 3.84. The lowest BCUT2D eigenvalue weighted by atomic mass is 10.1. The lowest BCUT2D eigenvalue weighted by Crippen LogP contribution is -2.24. The van der Waals surface area contributed by atoms with Gasteiger partial charge >= 0.3 is 0 Å². The molecule has 128 valence electrons. The first kappa shape index (κ1) is 17.2. The second-order valence-corrected chi connectivity index (χ2v) is 6.55. The standard InChI is InChI=1S/C20H18FNO2S/c1-24-17-9-5-2-6-14(17)12-13-22-20(23)19-11-10-18(25-19)15-7-3-4-8-16(15)21/h2-11H,12-13H2,1H3,(H,22,23). The Morgan fingerprint density at radius 2 is 1.84 bits per heavy atom. The summed E-state index contributed by atoms with van der Waals surface area (Å²) >= 11 is 1.29. The maximum Gasteiger partial charge on any atom is 0.261 e. The van der Waals surface area contributed by atoms with Gasteiger partial charge in [-0.05, 0) is 36.2 Å². The number of benzene rings is 2. The molecule has 0 spiro atoms. The molecule has 0 aliphatic heterocycles. The van der Waals surface area contributed by atoms with Crippen LogP contribution >= 0.6 is 11.3 Å². The lowest BCUT2D eigenvalue weighted by Gasteiger charge is -2.08. The van der Waals surface area contributed by atoms with E-state index in [1.807, 2.05) is 24.3 Å². The molecule has 0 atom stereocenters. The van der Waals surface area contributed by atoms with Crippen LogP contribution in [0.2, 0.25) is 0 Å². The van der Waals surface area contributed by atoms with Crippen molar-refractivity contribution in [2.45, 2.75) is 6.42 Å². The molecule has 0 saturated heterocycles. The van der Waals surface area contributed by atoms with Crippen molar-refractivity contribution in [1.82, 2.24) is 5.32 Å². The van der Waals surface area contributed by atoms with Crippen molar-refractivity contribution in [1.29, 1.82) is 0 Å². The largest absolute Gasteiger partial charge is 0.496 e. The number of methoxy groups -OCH3 is 1. The number of amides is 1. The minimum Gasteiger partial charge on any atom is -0.496 e. The van der Waals surface area contributed by atoms with E-state index in [-0.39, 0.29) is 11.7 Å².